The lowest BCUT2D eigenvalue weighted by atomic mass is 9.84. The zero-order valence-electron chi connectivity index (χ0n) is 14.9. The fourth-order valence-electron chi connectivity index (χ4n) is 3.51. The van der Waals surface area contributed by atoms with Gasteiger partial charge in [0.2, 0.25) is 0 Å². The number of halogens is 3. The largest absolute Gasteiger partial charge is 0.385 e. The molecule has 27 heavy (non-hydrogen) atoms. The molecule has 1 aliphatic rings. The van der Waals surface area contributed by atoms with Crippen LogP contribution in [0, 0.1) is 11.6 Å². The van der Waals surface area contributed by atoms with Crippen LogP contribution >= 0.6 is 11.6 Å². The van der Waals surface area contributed by atoms with Crippen molar-refractivity contribution < 1.29 is 18.7 Å². The molecule has 3 rings (SSSR count). The van der Waals surface area contributed by atoms with Crippen molar-refractivity contribution >= 4 is 17.4 Å². The summed E-state index contributed by atoms with van der Waals surface area (Å²) in [6.45, 7) is 2.14. The zero-order chi connectivity index (χ0) is 19.4. The van der Waals surface area contributed by atoms with Crippen molar-refractivity contribution in [3.63, 3.8) is 0 Å². The lowest BCUT2D eigenvalue weighted by molar-refractivity contribution is -0.0260. The Morgan fingerprint density at radius 3 is 2.41 bits per heavy atom. The van der Waals surface area contributed by atoms with Gasteiger partial charge in [0.15, 0.2) is 5.78 Å². The van der Waals surface area contributed by atoms with Crippen LogP contribution in [-0.2, 0) is 5.60 Å². The fraction of sp³-hybridized carbons (Fsp3) is 0.381. The number of Topliss-reactive ketones (excluding diaryl/α,β-unsaturated/α-hetero) is 1. The smallest absolute Gasteiger partial charge is 0.165 e. The molecule has 0 atom stereocenters. The molecule has 2 aromatic rings. The van der Waals surface area contributed by atoms with Crippen LogP contribution in [-0.4, -0.2) is 35.4 Å². The number of aliphatic hydroxyl groups is 1. The van der Waals surface area contributed by atoms with Crippen LogP contribution in [0.4, 0.5) is 8.78 Å². The lowest BCUT2D eigenvalue weighted by Crippen LogP contribution is -2.42. The summed E-state index contributed by atoms with van der Waals surface area (Å²) in [5, 5.41) is 11.5. The quantitative estimate of drug-likeness (QED) is 0.731. The van der Waals surface area contributed by atoms with E-state index in [1.54, 1.807) is 12.1 Å². The number of benzene rings is 2. The van der Waals surface area contributed by atoms with Crippen LogP contribution in [0.1, 0.15) is 41.6 Å². The fourth-order valence-corrected chi connectivity index (χ4v) is 3.63. The average molecular weight is 394 g/mol. The molecule has 6 heteroatoms. The van der Waals surface area contributed by atoms with E-state index in [2.05, 4.69) is 4.90 Å². The maximum Gasteiger partial charge on any atom is 0.165 e. The van der Waals surface area contributed by atoms with Crippen LogP contribution in [0.15, 0.2) is 42.5 Å². The molecule has 1 fully saturated rings. The highest BCUT2D eigenvalue weighted by molar-refractivity contribution is 6.30. The predicted molar refractivity (Wildman–Crippen MR) is 101 cm³/mol. The number of carbonyl (C=O) groups excluding carboxylic acids is 1. The van der Waals surface area contributed by atoms with Crippen molar-refractivity contribution in [1.29, 1.82) is 0 Å². The molecule has 2 aromatic carbocycles. The average Bonchev–Trinajstić information content (AvgIpc) is 2.64. The first-order chi connectivity index (χ1) is 12.9. The van der Waals surface area contributed by atoms with Crippen molar-refractivity contribution in [2.24, 2.45) is 0 Å². The van der Waals surface area contributed by atoms with Gasteiger partial charge in [-0.1, -0.05) is 23.7 Å². The summed E-state index contributed by atoms with van der Waals surface area (Å²) in [5.74, 6) is -1.82. The van der Waals surface area contributed by atoms with E-state index < -0.39 is 17.2 Å². The van der Waals surface area contributed by atoms with Crippen LogP contribution in [0.3, 0.4) is 0 Å². The SMILES string of the molecule is O=C(CCCN1CCC(O)(c2ccc(Cl)cc2)CC1)c1ccc(F)cc1F. The summed E-state index contributed by atoms with van der Waals surface area (Å²) in [6, 6.07) is 10.3. The highest BCUT2D eigenvalue weighted by Crippen LogP contribution is 2.33. The third kappa shape index (κ3) is 4.92. The second-order valence-electron chi connectivity index (χ2n) is 7.03. The summed E-state index contributed by atoms with van der Waals surface area (Å²) < 4.78 is 26.6. The molecular weight excluding hydrogens is 372 g/mol. The highest BCUT2D eigenvalue weighted by atomic mass is 35.5. The second kappa shape index (κ2) is 8.46. The molecule has 0 aliphatic carbocycles. The Labute approximate surface area is 162 Å². The van der Waals surface area contributed by atoms with Gasteiger partial charge in [0, 0.05) is 30.6 Å². The van der Waals surface area contributed by atoms with E-state index in [1.165, 1.54) is 6.07 Å². The van der Waals surface area contributed by atoms with Crippen LogP contribution < -0.4 is 0 Å². The van der Waals surface area contributed by atoms with Gasteiger partial charge in [-0.3, -0.25) is 4.79 Å². The van der Waals surface area contributed by atoms with Gasteiger partial charge in [0.1, 0.15) is 11.6 Å². The Morgan fingerprint density at radius 1 is 1.11 bits per heavy atom. The Kier molecular flexibility index (Phi) is 6.25. The summed E-state index contributed by atoms with van der Waals surface area (Å²) in [5.41, 5.74) is -0.0469. The number of piperidine rings is 1. The normalized spacial score (nSPS) is 17.0. The van der Waals surface area contributed by atoms with Gasteiger partial charge in [0.25, 0.3) is 0 Å². The van der Waals surface area contributed by atoms with Gasteiger partial charge in [-0.05, 0) is 55.6 Å². The zero-order valence-corrected chi connectivity index (χ0v) is 15.7. The first kappa shape index (κ1) is 19.9. The predicted octanol–water partition coefficient (Wildman–Crippen LogP) is 4.56. The molecule has 1 heterocycles. The highest BCUT2D eigenvalue weighted by Gasteiger charge is 2.33. The van der Waals surface area contributed by atoms with Crippen molar-refractivity contribution in [2.45, 2.75) is 31.3 Å². The molecule has 0 spiro atoms. The molecule has 0 unspecified atom stereocenters. The molecule has 3 nitrogen and oxygen atoms in total. The Bertz CT molecular complexity index is 802. The summed E-state index contributed by atoms with van der Waals surface area (Å²) >= 11 is 5.90. The molecule has 0 radical (unpaired) electrons. The topological polar surface area (TPSA) is 40.5 Å². The number of likely N-dealkylation sites (tertiary alicyclic amines) is 1. The third-order valence-corrected chi connectivity index (χ3v) is 5.43. The maximum atomic E-state index is 13.6. The lowest BCUT2D eigenvalue weighted by Gasteiger charge is -2.38. The molecule has 0 saturated carbocycles. The molecule has 0 aromatic heterocycles. The third-order valence-electron chi connectivity index (χ3n) is 5.17. The Hall–Kier alpha value is -1.82. The van der Waals surface area contributed by atoms with Gasteiger partial charge in [-0.15, -0.1) is 0 Å². The number of rotatable bonds is 6. The molecular formula is C21H22ClF2NO2. The number of ketones is 1. The molecule has 1 N–H and O–H groups in total. The van der Waals surface area contributed by atoms with E-state index in [0.717, 1.165) is 30.8 Å². The van der Waals surface area contributed by atoms with Gasteiger partial charge in [-0.2, -0.15) is 0 Å². The van der Waals surface area contributed by atoms with E-state index >= 15 is 0 Å². The number of hydrogen-bond acceptors (Lipinski definition) is 3. The number of carbonyl (C=O) groups is 1. The summed E-state index contributed by atoms with van der Waals surface area (Å²) in [7, 11) is 0. The van der Waals surface area contributed by atoms with E-state index in [-0.39, 0.29) is 17.8 Å². The van der Waals surface area contributed by atoms with E-state index in [4.69, 9.17) is 11.6 Å². The van der Waals surface area contributed by atoms with E-state index in [1.807, 2.05) is 12.1 Å². The van der Waals surface area contributed by atoms with E-state index in [0.29, 0.717) is 30.8 Å². The van der Waals surface area contributed by atoms with Gasteiger partial charge < -0.3 is 10.0 Å². The first-order valence-corrected chi connectivity index (χ1v) is 9.44. The molecule has 1 aliphatic heterocycles. The van der Waals surface area contributed by atoms with Crippen LogP contribution in [0.2, 0.25) is 5.02 Å². The molecule has 0 amide bonds. The van der Waals surface area contributed by atoms with Gasteiger partial charge >= 0.3 is 0 Å². The molecule has 1 saturated heterocycles. The summed E-state index contributed by atoms with van der Waals surface area (Å²) in [6.07, 6.45) is 2.01. The second-order valence-corrected chi connectivity index (χ2v) is 7.47. The molecule has 0 bridgehead atoms. The minimum atomic E-state index is -0.853. The number of hydrogen-bond donors (Lipinski definition) is 1. The van der Waals surface area contributed by atoms with Crippen LogP contribution in [0.5, 0.6) is 0 Å². The maximum absolute atomic E-state index is 13.6. The van der Waals surface area contributed by atoms with Gasteiger partial charge in [0.05, 0.1) is 11.2 Å². The Balaban J connectivity index is 1.47. The van der Waals surface area contributed by atoms with Crippen molar-refractivity contribution in [1.82, 2.24) is 4.90 Å². The van der Waals surface area contributed by atoms with Crippen LogP contribution in [0.25, 0.3) is 0 Å². The van der Waals surface area contributed by atoms with Crippen molar-refractivity contribution in [3.8, 4) is 0 Å². The van der Waals surface area contributed by atoms with Crippen molar-refractivity contribution in [2.75, 3.05) is 19.6 Å². The molecule has 144 valence electrons. The van der Waals surface area contributed by atoms with Gasteiger partial charge in [-0.25, -0.2) is 8.78 Å². The Morgan fingerprint density at radius 2 is 1.78 bits per heavy atom. The first-order valence-electron chi connectivity index (χ1n) is 9.06. The minimum absolute atomic E-state index is 0.0628. The summed E-state index contributed by atoms with van der Waals surface area (Å²) in [4.78, 5) is 14.3. The van der Waals surface area contributed by atoms with Crippen molar-refractivity contribution in [3.05, 3.63) is 70.2 Å². The number of nitrogens with zero attached hydrogens (tertiary/aromatic N) is 1. The minimum Gasteiger partial charge on any atom is -0.385 e. The standard InChI is InChI=1S/C21H22ClF2NO2/c22-16-5-3-15(4-6-16)21(27)9-12-25(13-10-21)11-1-2-20(26)18-8-7-17(23)14-19(18)24/h3-8,14,27H,1-2,9-13H2. The van der Waals surface area contributed by atoms with E-state index in [9.17, 15) is 18.7 Å². The monoisotopic (exact) mass is 393 g/mol.